The second-order valence-electron chi connectivity index (χ2n) is 4.78. The summed E-state index contributed by atoms with van der Waals surface area (Å²) in [7, 11) is 3.02. The van der Waals surface area contributed by atoms with Gasteiger partial charge in [-0.15, -0.1) is 0 Å². The van der Waals surface area contributed by atoms with Gasteiger partial charge in [0.2, 0.25) is 5.13 Å². The Balaban J connectivity index is 1.72. The molecule has 0 atom stereocenters. The fraction of sp³-hybridized carbons (Fsp3) is 0.125. The second kappa shape index (κ2) is 6.71. The van der Waals surface area contributed by atoms with E-state index in [9.17, 15) is 9.18 Å². The van der Waals surface area contributed by atoms with Crippen molar-refractivity contribution >= 4 is 32.6 Å². The Labute approximate surface area is 141 Å². The molecule has 24 heavy (non-hydrogen) atoms. The van der Waals surface area contributed by atoms with Crippen LogP contribution in [0.5, 0.6) is 11.5 Å². The topological polar surface area (TPSA) is 72.5 Å². The molecule has 1 amide bonds. The van der Waals surface area contributed by atoms with E-state index in [2.05, 4.69) is 15.8 Å². The van der Waals surface area contributed by atoms with Crippen molar-refractivity contribution in [3.63, 3.8) is 0 Å². The summed E-state index contributed by atoms with van der Waals surface area (Å²) < 4.78 is 24.2. The first-order valence-corrected chi connectivity index (χ1v) is 7.77. The SMILES string of the molecule is COc1ccc(C(=O)NNc2nc3ccc(F)cc3s2)cc1OC. The molecule has 124 valence electrons. The number of anilines is 1. The lowest BCUT2D eigenvalue weighted by Crippen LogP contribution is -2.29. The van der Waals surface area contributed by atoms with Gasteiger partial charge in [-0.05, 0) is 36.4 Å². The highest BCUT2D eigenvalue weighted by Gasteiger charge is 2.11. The van der Waals surface area contributed by atoms with E-state index in [0.717, 1.165) is 0 Å². The number of benzene rings is 2. The first-order chi connectivity index (χ1) is 11.6. The highest BCUT2D eigenvalue weighted by Crippen LogP contribution is 2.28. The molecule has 0 saturated heterocycles. The third kappa shape index (κ3) is 3.23. The summed E-state index contributed by atoms with van der Waals surface area (Å²) >= 11 is 1.24. The summed E-state index contributed by atoms with van der Waals surface area (Å²) in [5.74, 6) is 0.310. The van der Waals surface area contributed by atoms with Crippen LogP contribution in [0.4, 0.5) is 9.52 Å². The van der Waals surface area contributed by atoms with Gasteiger partial charge in [-0.1, -0.05) is 11.3 Å². The van der Waals surface area contributed by atoms with E-state index in [1.807, 2.05) is 0 Å². The average Bonchev–Trinajstić information content (AvgIpc) is 3.00. The zero-order valence-electron chi connectivity index (χ0n) is 12.9. The van der Waals surface area contributed by atoms with Crippen LogP contribution in [-0.2, 0) is 0 Å². The fourth-order valence-electron chi connectivity index (χ4n) is 2.11. The van der Waals surface area contributed by atoms with Crippen molar-refractivity contribution in [3.05, 3.63) is 47.8 Å². The predicted octanol–water partition coefficient (Wildman–Crippen LogP) is 3.21. The number of hydrazine groups is 1. The summed E-state index contributed by atoms with van der Waals surface area (Å²) in [6.07, 6.45) is 0. The van der Waals surface area contributed by atoms with Gasteiger partial charge in [0.1, 0.15) is 5.82 Å². The van der Waals surface area contributed by atoms with Crippen LogP contribution in [-0.4, -0.2) is 25.1 Å². The normalized spacial score (nSPS) is 10.5. The Morgan fingerprint density at radius 3 is 2.67 bits per heavy atom. The summed E-state index contributed by atoms with van der Waals surface area (Å²) in [5.41, 5.74) is 6.33. The number of ether oxygens (including phenoxy) is 2. The van der Waals surface area contributed by atoms with Crippen LogP contribution in [0.25, 0.3) is 10.2 Å². The fourth-order valence-corrected chi connectivity index (χ4v) is 2.96. The highest BCUT2D eigenvalue weighted by atomic mass is 32.1. The molecule has 3 rings (SSSR count). The van der Waals surface area contributed by atoms with E-state index >= 15 is 0 Å². The first kappa shape index (κ1) is 16.0. The number of carbonyl (C=O) groups is 1. The van der Waals surface area contributed by atoms with Crippen LogP contribution in [0.3, 0.4) is 0 Å². The van der Waals surface area contributed by atoms with Crippen LogP contribution in [0.1, 0.15) is 10.4 Å². The molecule has 2 aromatic carbocycles. The molecule has 0 unspecified atom stereocenters. The van der Waals surface area contributed by atoms with E-state index in [-0.39, 0.29) is 11.7 Å². The van der Waals surface area contributed by atoms with Crippen LogP contribution in [0.2, 0.25) is 0 Å². The van der Waals surface area contributed by atoms with Crippen molar-refractivity contribution in [2.75, 3.05) is 19.6 Å². The Morgan fingerprint density at radius 2 is 1.92 bits per heavy atom. The van der Waals surface area contributed by atoms with E-state index in [0.29, 0.717) is 32.4 Å². The smallest absolute Gasteiger partial charge is 0.269 e. The average molecular weight is 347 g/mol. The molecule has 0 aliphatic carbocycles. The number of nitrogens with zero attached hydrogens (tertiary/aromatic N) is 1. The summed E-state index contributed by atoms with van der Waals surface area (Å²) in [5, 5.41) is 0.462. The number of halogens is 1. The number of carbonyl (C=O) groups excluding carboxylic acids is 1. The molecule has 1 heterocycles. The molecule has 6 nitrogen and oxygen atoms in total. The minimum absolute atomic E-state index is 0.327. The van der Waals surface area contributed by atoms with Crippen molar-refractivity contribution in [2.24, 2.45) is 0 Å². The van der Waals surface area contributed by atoms with Gasteiger partial charge in [-0.3, -0.25) is 15.6 Å². The standard InChI is InChI=1S/C16H14FN3O3S/c1-22-12-6-3-9(7-13(12)23-2)15(21)19-20-16-18-11-5-4-10(17)8-14(11)24-16/h3-8H,1-2H3,(H,18,20)(H,19,21). The molecule has 0 spiro atoms. The number of aromatic nitrogens is 1. The van der Waals surface area contributed by atoms with Crippen molar-refractivity contribution in [1.29, 1.82) is 0 Å². The Bertz CT molecular complexity index is 897. The molecule has 3 aromatic rings. The van der Waals surface area contributed by atoms with Crippen LogP contribution < -0.4 is 20.3 Å². The number of hydrogen-bond acceptors (Lipinski definition) is 6. The lowest BCUT2D eigenvalue weighted by atomic mass is 10.2. The number of nitrogens with one attached hydrogen (secondary N) is 2. The monoisotopic (exact) mass is 347 g/mol. The number of fused-ring (bicyclic) bond motifs is 1. The number of amides is 1. The van der Waals surface area contributed by atoms with Crippen molar-refractivity contribution in [2.45, 2.75) is 0 Å². The van der Waals surface area contributed by atoms with Gasteiger partial charge in [-0.2, -0.15) is 0 Å². The predicted molar refractivity (Wildman–Crippen MR) is 90.2 cm³/mol. The number of hydrogen-bond donors (Lipinski definition) is 2. The van der Waals surface area contributed by atoms with E-state index in [4.69, 9.17) is 9.47 Å². The molecule has 0 aliphatic rings. The lowest BCUT2D eigenvalue weighted by molar-refractivity contribution is 0.0962. The summed E-state index contributed by atoms with van der Waals surface area (Å²) in [4.78, 5) is 16.5. The molecule has 1 aromatic heterocycles. The quantitative estimate of drug-likeness (QED) is 0.694. The van der Waals surface area contributed by atoms with E-state index in [1.165, 1.54) is 37.7 Å². The van der Waals surface area contributed by atoms with Crippen molar-refractivity contribution in [1.82, 2.24) is 10.4 Å². The molecule has 0 radical (unpaired) electrons. The number of methoxy groups -OCH3 is 2. The molecule has 0 fully saturated rings. The molecule has 8 heteroatoms. The van der Waals surface area contributed by atoms with Crippen molar-refractivity contribution < 1.29 is 18.7 Å². The summed E-state index contributed by atoms with van der Waals surface area (Å²) in [6.45, 7) is 0. The van der Waals surface area contributed by atoms with Gasteiger partial charge in [0.15, 0.2) is 11.5 Å². The molecular weight excluding hydrogens is 333 g/mol. The van der Waals surface area contributed by atoms with Crippen LogP contribution in [0.15, 0.2) is 36.4 Å². The molecule has 0 aliphatic heterocycles. The number of rotatable bonds is 5. The second-order valence-corrected chi connectivity index (χ2v) is 5.81. The van der Waals surface area contributed by atoms with Gasteiger partial charge in [-0.25, -0.2) is 9.37 Å². The molecule has 0 saturated carbocycles. The molecule has 0 bridgehead atoms. The Hall–Kier alpha value is -2.87. The minimum atomic E-state index is -0.360. The first-order valence-electron chi connectivity index (χ1n) is 6.95. The van der Waals surface area contributed by atoms with Gasteiger partial charge in [0, 0.05) is 5.56 Å². The highest BCUT2D eigenvalue weighted by molar-refractivity contribution is 7.22. The zero-order valence-corrected chi connectivity index (χ0v) is 13.7. The molecule has 2 N–H and O–H groups in total. The maximum atomic E-state index is 13.2. The maximum absolute atomic E-state index is 13.2. The van der Waals surface area contributed by atoms with Crippen LogP contribution in [0, 0.1) is 5.82 Å². The van der Waals surface area contributed by atoms with Crippen LogP contribution >= 0.6 is 11.3 Å². The third-order valence-electron chi connectivity index (χ3n) is 3.28. The zero-order chi connectivity index (χ0) is 17.1. The minimum Gasteiger partial charge on any atom is -0.493 e. The van der Waals surface area contributed by atoms with Crippen molar-refractivity contribution in [3.8, 4) is 11.5 Å². The Kier molecular flexibility index (Phi) is 4.48. The van der Waals surface area contributed by atoms with Gasteiger partial charge < -0.3 is 9.47 Å². The third-order valence-corrected chi connectivity index (χ3v) is 4.21. The Morgan fingerprint density at radius 1 is 1.12 bits per heavy atom. The van der Waals surface area contributed by atoms with E-state index < -0.39 is 0 Å². The lowest BCUT2D eigenvalue weighted by Gasteiger charge is -2.10. The van der Waals surface area contributed by atoms with Gasteiger partial charge in [0.05, 0.1) is 24.4 Å². The summed E-state index contributed by atoms with van der Waals surface area (Å²) in [6, 6.07) is 9.16. The number of thiazole rings is 1. The van der Waals surface area contributed by atoms with Gasteiger partial charge in [0.25, 0.3) is 5.91 Å². The van der Waals surface area contributed by atoms with E-state index in [1.54, 1.807) is 24.3 Å². The largest absolute Gasteiger partial charge is 0.493 e. The van der Waals surface area contributed by atoms with Gasteiger partial charge >= 0.3 is 0 Å². The molecular formula is C16H14FN3O3S. The maximum Gasteiger partial charge on any atom is 0.269 e.